The van der Waals surface area contributed by atoms with E-state index in [1.54, 1.807) is 18.2 Å². The van der Waals surface area contributed by atoms with Gasteiger partial charge in [-0.1, -0.05) is 18.2 Å². The third-order valence-electron chi connectivity index (χ3n) is 4.53. The Bertz CT molecular complexity index is 967. The number of rotatable bonds is 3. The third kappa shape index (κ3) is 6.46. The summed E-state index contributed by atoms with van der Waals surface area (Å²) in [6.45, 7) is 6.22. The normalized spacial score (nSPS) is 16.9. The van der Waals surface area contributed by atoms with Gasteiger partial charge < -0.3 is 15.3 Å². The molecule has 0 aliphatic carbocycles. The van der Waals surface area contributed by atoms with Crippen LogP contribution in [0.3, 0.4) is 0 Å². The Morgan fingerprint density at radius 2 is 1.83 bits per heavy atom. The number of hydrogen-bond acceptors (Lipinski definition) is 6. The molecule has 0 spiro atoms. The predicted molar refractivity (Wildman–Crippen MR) is 115 cm³/mol. The fourth-order valence-electron chi connectivity index (χ4n) is 3.31. The smallest absolute Gasteiger partial charge is 0.261 e. The molecule has 29 heavy (non-hydrogen) atoms. The molecule has 4 N–H and O–H groups in total. The summed E-state index contributed by atoms with van der Waals surface area (Å²) in [6, 6.07) is 8.81. The summed E-state index contributed by atoms with van der Waals surface area (Å²) in [5.74, 6) is 0.0214. The van der Waals surface area contributed by atoms with Crippen LogP contribution in [0.15, 0.2) is 47.5 Å². The monoisotopic (exact) mass is 485 g/mol. The summed E-state index contributed by atoms with van der Waals surface area (Å²) in [6.07, 6.45) is 3.37. The van der Waals surface area contributed by atoms with Crippen LogP contribution < -0.4 is 0 Å². The van der Waals surface area contributed by atoms with Crippen LogP contribution in [0.1, 0.15) is 22.6 Å². The number of halogens is 1. The second kappa shape index (κ2) is 9.62. The zero-order valence-electron chi connectivity index (χ0n) is 15.9. The topological polar surface area (TPSA) is 118 Å². The SMILES string of the molecule is C=CCN1CCc2c(cc(O)c(O)c2Br)C(c2ccc(O)cc2)C1.CS(=O)(=O)O. The van der Waals surface area contributed by atoms with Crippen LogP contribution in [0.25, 0.3) is 0 Å². The van der Waals surface area contributed by atoms with Gasteiger partial charge in [0.2, 0.25) is 0 Å². The molecule has 7 nitrogen and oxygen atoms in total. The largest absolute Gasteiger partial charge is 0.508 e. The molecular formula is C20H24BrNO6S. The molecule has 2 aromatic carbocycles. The Labute approximate surface area is 178 Å². The Morgan fingerprint density at radius 3 is 2.38 bits per heavy atom. The van der Waals surface area contributed by atoms with Crippen LogP contribution in [0.5, 0.6) is 17.2 Å². The highest BCUT2D eigenvalue weighted by Crippen LogP contribution is 2.43. The zero-order valence-corrected chi connectivity index (χ0v) is 18.3. The summed E-state index contributed by atoms with van der Waals surface area (Å²) in [7, 11) is -3.67. The highest BCUT2D eigenvalue weighted by atomic mass is 79.9. The molecule has 9 heteroatoms. The molecule has 2 aromatic rings. The van der Waals surface area contributed by atoms with Crippen LogP contribution in [0.4, 0.5) is 0 Å². The van der Waals surface area contributed by atoms with Crippen molar-refractivity contribution in [1.29, 1.82) is 0 Å². The molecule has 0 fully saturated rings. The van der Waals surface area contributed by atoms with Gasteiger partial charge in [-0.05, 0) is 57.2 Å². The first-order valence-electron chi connectivity index (χ1n) is 8.79. The summed E-state index contributed by atoms with van der Waals surface area (Å²) in [4.78, 5) is 2.30. The van der Waals surface area contributed by atoms with Gasteiger partial charge in [0.1, 0.15) is 5.75 Å². The van der Waals surface area contributed by atoms with Crippen LogP contribution in [0, 0.1) is 0 Å². The second-order valence-electron chi connectivity index (χ2n) is 6.80. The number of aromatic hydroxyl groups is 3. The minimum absolute atomic E-state index is 0.0332. The van der Waals surface area contributed by atoms with Crippen molar-refractivity contribution in [1.82, 2.24) is 4.90 Å². The first kappa shape index (κ1) is 23.2. The van der Waals surface area contributed by atoms with E-state index in [1.807, 2.05) is 18.2 Å². The fourth-order valence-corrected chi connectivity index (χ4v) is 3.94. The van der Waals surface area contributed by atoms with E-state index in [2.05, 4.69) is 27.4 Å². The molecule has 0 saturated heterocycles. The first-order valence-corrected chi connectivity index (χ1v) is 11.4. The Balaban J connectivity index is 0.000000537. The molecule has 0 aromatic heterocycles. The minimum atomic E-state index is -3.67. The quantitative estimate of drug-likeness (QED) is 0.299. The van der Waals surface area contributed by atoms with E-state index in [9.17, 15) is 23.7 Å². The number of fused-ring (bicyclic) bond motifs is 1. The van der Waals surface area contributed by atoms with E-state index in [0.29, 0.717) is 10.7 Å². The van der Waals surface area contributed by atoms with Gasteiger partial charge in [-0.2, -0.15) is 8.42 Å². The van der Waals surface area contributed by atoms with Gasteiger partial charge >= 0.3 is 0 Å². The van der Waals surface area contributed by atoms with Crippen molar-refractivity contribution >= 4 is 26.0 Å². The number of benzene rings is 2. The van der Waals surface area contributed by atoms with Crippen LogP contribution in [-0.2, 0) is 16.5 Å². The van der Waals surface area contributed by atoms with Crippen molar-refractivity contribution in [3.05, 3.63) is 64.1 Å². The van der Waals surface area contributed by atoms with Crippen molar-refractivity contribution in [2.24, 2.45) is 0 Å². The molecule has 0 amide bonds. The summed E-state index contributed by atoms with van der Waals surface area (Å²) < 4.78 is 26.4. The maximum Gasteiger partial charge on any atom is 0.261 e. The van der Waals surface area contributed by atoms with Crippen molar-refractivity contribution in [2.75, 3.05) is 25.9 Å². The number of phenols is 3. The van der Waals surface area contributed by atoms with E-state index in [0.717, 1.165) is 42.7 Å². The molecule has 0 radical (unpaired) electrons. The van der Waals surface area contributed by atoms with Gasteiger partial charge in [-0.3, -0.25) is 9.45 Å². The molecule has 0 saturated carbocycles. The highest BCUT2D eigenvalue weighted by molar-refractivity contribution is 9.10. The standard InChI is InChI=1S/C19H20BrNO3.CH4O3S/c1-2-8-21-9-7-14-15(10-17(23)19(24)18(14)20)16(11-21)12-3-5-13(22)6-4-12;1-5(2,3)4/h2-6,10,16,22-24H,1,7-9,11H2;1H3,(H,2,3,4). The number of hydrogen-bond donors (Lipinski definition) is 4. The van der Waals surface area contributed by atoms with Gasteiger partial charge in [0.25, 0.3) is 10.1 Å². The van der Waals surface area contributed by atoms with Crippen LogP contribution in [0.2, 0.25) is 0 Å². The summed E-state index contributed by atoms with van der Waals surface area (Å²) in [5.41, 5.74) is 3.06. The average molecular weight is 486 g/mol. The van der Waals surface area contributed by atoms with Crippen LogP contribution >= 0.6 is 15.9 Å². The summed E-state index contributed by atoms with van der Waals surface area (Å²) >= 11 is 3.43. The number of phenolic OH excluding ortho intramolecular Hbond substituents is 3. The third-order valence-corrected chi connectivity index (χ3v) is 5.39. The van der Waals surface area contributed by atoms with Crippen molar-refractivity contribution in [3.63, 3.8) is 0 Å². The van der Waals surface area contributed by atoms with Crippen molar-refractivity contribution in [3.8, 4) is 17.2 Å². The lowest BCUT2D eigenvalue weighted by molar-refractivity contribution is 0.306. The van der Waals surface area contributed by atoms with E-state index in [1.165, 1.54) is 0 Å². The predicted octanol–water partition coefficient (Wildman–Crippen LogP) is 3.25. The number of nitrogens with zero attached hydrogens (tertiary/aromatic N) is 1. The first-order chi connectivity index (χ1) is 13.5. The lowest BCUT2D eigenvalue weighted by Crippen LogP contribution is -2.28. The summed E-state index contributed by atoms with van der Waals surface area (Å²) in [5, 5.41) is 29.7. The van der Waals surface area contributed by atoms with Gasteiger partial charge in [-0.15, -0.1) is 6.58 Å². The molecule has 1 atom stereocenters. The van der Waals surface area contributed by atoms with Gasteiger partial charge in [0.15, 0.2) is 11.5 Å². The molecule has 1 heterocycles. The molecule has 0 bridgehead atoms. The lowest BCUT2D eigenvalue weighted by Gasteiger charge is -2.24. The molecular weight excluding hydrogens is 462 g/mol. The Kier molecular flexibility index (Phi) is 7.70. The van der Waals surface area contributed by atoms with E-state index < -0.39 is 10.1 Å². The average Bonchev–Trinajstić information content (AvgIpc) is 2.79. The lowest BCUT2D eigenvalue weighted by atomic mass is 9.87. The molecule has 1 aliphatic heterocycles. The van der Waals surface area contributed by atoms with Crippen LogP contribution in [-0.4, -0.2) is 59.1 Å². The molecule has 1 aliphatic rings. The Morgan fingerprint density at radius 1 is 1.24 bits per heavy atom. The van der Waals surface area contributed by atoms with Gasteiger partial charge in [-0.25, -0.2) is 0 Å². The molecule has 158 valence electrons. The van der Waals surface area contributed by atoms with Gasteiger partial charge in [0, 0.05) is 25.6 Å². The maximum atomic E-state index is 10.1. The highest BCUT2D eigenvalue weighted by Gasteiger charge is 2.28. The van der Waals surface area contributed by atoms with Crippen molar-refractivity contribution < 1.29 is 28.3 Å². The fraction of sp³-hybridized carbons (Fsp3) is 0.300. The minimum Gasteiger partial charge on any atom is -0.508 e. The maximum absolute atomic E-state index is 10.1. The van der Waals surface area contributed by atoms with E-state index in [4.69, 9.17) is 4.55 Å². The van der Waals surface area contributed by atoms with Gasteiger partial charge in [0.05, 0.1) is 10.7 Å². The van der Waals surface area contributed by atoms with E-state index in [-0.39, 0.29) is 23.2 Å². The zero-order chi connectivity index (χ0) is 21.8. The molecule has 1 unspecified atom stereocenters. The van der Waals surface area contributed by atoms with E-state index >= 15 is 0 Å². The van der Waals surface area contributed by atoms with Crippen molar-refractivity contribution in [2.45, 2.75) is 12.3 Å². The second-order valence-corrected chi connectivity index (χ2v) is 9.06. The Hall–Kier alpha value is -2.07. The molecule has 3 rings (SSSR count).